The molecule has 0 saturated carbocycles. The fraction of sp³-hybridized carbons (Fsp3) is 0.455. The number of hydrogen-bond donors (Lipinski definition) is 2. The third-order valence-electron chi connectivity index (χ3n) is 2.12. The average molecular weight is 336 g/mol. The van der Waals surface area contributed by atoms with Crippen LogP contribution in [0.4, 0.5) is 0 Å². The Morgan fingerprint density at radius 2 is 2.33 bits per heavy atom. The molecule has 1 rings (SSSR count). The number of carbonyl (C=O) groups is 2. The molecule has 1 unspecified atom stereocenters. The second-order valence-corrected chi connectivity index (χ2v) is 5.25. The maximum Gasteiger partial charge on any atom is 0.306 e. The number of carboxylic acids is 1. The Balaban J connectivity index is 2.49. The number of rotatable bonds is 7. The summed E-state index contributed by atoms with van der Waals surface area (Å²) in [6.45, 7) is 2.38. The highest BCUT2D eigenvalue weighted by molar-refractivity contribution is 9.10. The summed E-state index contributed by atoms with van der Waals surface area (Å²) in [5, 5.41) is 13.2. The molecule has 0 radical (unpaired) electrons. The van der Waals surface area contributed by atoms with E-state index >= 15 is 0 Å². The molecule has 1 amide bonds. The highest BCUT2D eigenvalue weighted by atomic mass is 79.9. The number of ether oxygens (including phenoxy) is 1. The van der Waals surface area contributed by atoms with Crippen LogP contribution in [0.1, 0.15) is 23.0 Å². The summed E-state index contributed by atoms with van der Waals surface area (Å²) < 4.78 is 5.98. The van der Waals surface area contributed by atoms with Crippen LogP contribution in [0.5, 0.6) is 0 Å². The molecule has 0 aliphatic heterocycles. The Morgan fingerprint density at radius 3 is 2.83 bits per heavy atom. The van der Waals surface area contributed by atoms with Gasteiger partial charge in [0.1, 0.15) is 4.88 Å². The van der Waals surface area contributed by atoms with Crippen LogP contribution in [0.25, 0.3) is 0 Å². The van der Waals surface area contributed by atoms with E-state index in [9.17, 15) is 9.59 Å². The van der Waals surface area contributed by atoms with Gasteiger partial charge in [0.2, 0.25) is 0 Å². The Kier molecular flexibility index (Phi) is 6.31. The van der Waals surface area contributed by atoms with Crippen molar-refractivity contribution in [3.8, 4) is 0 Å². The van der Waals surface area contributed by atoms with Crippen molar-refractivity contribution in [3.63, 3.8) is 0 Å². The number of aliphatic carboxylic acids is 1. The maximum atomic E-state index is 11.8. The normalized spacial score (nSPS) is 12.1. The molecule has 2 N–H and O–H groups in total. The number of carbonyl (C=O) groups excluding carboxylic acids is 1. The maximum absolute atomic E-state index is 11.8. The average Bonchev–Trinajstić information content (AvgIpc) is 2.71. The van der Waals surface area contributed by atoms with Gasteiger partial charge in [-0.2, -0.15) is 0 Å². The summed E-state index contributed by atoms with van der Waals surface area (Å²) in [4.78, 5) is 23.0. The molecule has 1 aromatic rings. The van der Waals surface area contributed by atoms with E-state index < -0.39 is 12.1 Å². The summed E-state index contributed by atoms with van der Waals surface area (Å²) in [6.07, 6.45) is -0.630. The van der Waals surface area contributed by atoms with Crippen molar-refractivity contribution in [2.45, 2.75) is 19.4 Å². The molecule has 0 fully saturated rings. The van der Waals surface area contributed by atoms with Gasteiger partial charge in [0.25, 0.3) is 5.91 Å². The van der Waals surface area contributed by atoms with Crippen LogP contribution in [-0.4, -0.2) is 36.2 Å². The monoisotopic (exact) mass is 335 g/mol. The minimum absolute atomic E-state index is 0.125. The second-order valence-electron chi connectivity index (χ2n) is 3.48. The summed E-state index contributed by atoms with van der Waals surface area (Å²) in [6, 6.07) is 1.79. The zero-order valence-electron chi connectivity index (χ0n) is 9.81. The first kappa shape index (κ1) is 15.1. The van der Waals surface area contributed by atoms with E-state index in [1.807, 2.05) is 0 Å². The Hall–Kier alpha value is -0.920. The molecule has 7 heteroatoms. The third-order valence-corrected chi connectivity index (χ3v) is 3.95. The molecule has 0 aliphatic rings. The molecule has 0 bridgehead atoms. The van der Waals surface area contributed by atoms with E-state index in [0.717, 1.165) is 4.47 Å². The summed E-state index contributed by atoms with van der Waals surface area (Å²) in [5.74, 6) is -1.17. The van der Waals surface area contributed by atoms with Gasteiger partial charge in [0.15, 0.2) is 0 Å². The van der Waals surface area contributed by atoms with Crippen LogP contribution in [0.15, 0.2) is 15.9 Å². The van der Waals surface area contributed by atoms with Crippen LogP contribution in [0.3, 0.4) is 0 Å². The van der Waals surface area contributed by atoms with Gasteiger partial charge in [-0.3, -0.25) is 9.59 Å². The third kappa shape index (κ3) is 4.75. The van der Waals surface area contributed by atoms with E-state index in [1.165, 1.54) is 11.3 Å². The molecular weight excluding hydrogens is 322 g/mol. The van der Waals surface area contributed by atoms with Crippen molar-refractivity contribution < 1.29 is 19.4 Å². The molecule has 18 heavy (non-hydrogen) atoms. The molecule has 0 aliphatic carbocycles. The van der Waals surface area contributed by atoms with E-state index in [4.69, 9.17) is 9.84 Å². The molecular formula is C11H14BrNO4S. The lowest BCUT2D eigenvalue weighted by molar-refractivity contribution is -0.140. The fourth-order valence-corrected chi connectivity index (χ4v) is 2.83. The van der Waals surface area contributed by atoms with Gasteiger partial charge in [-0.1, -0.05) is 0 Å². The van der Waals surface area contributed by atoms with Crippen LogP contribution in [0, 0.1) is 0 Å². The molecule has 1 aromatic heterocycles. The van der Waals surface area contributed by atoms with Crippen molar-refractivity contribution in [1.29, 1.82) is 0 Å². The van der Waals surface area contributed by atoms with Gasteiger partial charge >= 0.3 is 5.97 Å². The second kappa shape index (κ2) is 7.50. The molecule has 0 saturated heterocycles. The summed E-state index contributed by atoms with van der Waals surface area (Å²) in [5.41, 5.74) is 0. The van der Waals surface area contributed by atoms with Gasteiger partial charge in [-0.05, 0) is 34.3 Å². The number of amides is 1. The standard InChI is InChI=1S/C11H14BrNO4S/c1-2-17-7(5-9(14)15)6-13-11(16)10-8(12)3-4-18-10/h3-4,7H,2,5-6H2,1H3,(H,13,16)(H,14,15). The van der Waals surface area contributed by atoms with Crippen LogP contribution in [-0.2, 0) is 9.53 Å². The molecule has 1 atom stereocenters. The minimum atomic E-state index is -0.944. The van der Waals surface area contributed by atoms with Crippen LogP contribution >= 0.6 is 27.3 Å². The zero-order valence-corrected chi connectivity index (χ0v) is 12.2. The predicted molar refractivity (Wildman–Crippen MR) is 72.0 cm³/mol. The molecule has 0 aromatic carbocycles. The summed E-state index contributed by atoms with van der Waals surface area (Å²) in [7, 11) is 0. The number of thiophene rings is 1. The number of halogens is 1. The van der Waals surface area contributed by atoms with Gasteiger partial charge in [-0.25, -0.2) is 0 Å². The largest absolute Gasteiger partial charge is 0.481 e. The Bertz CT molecular complexity index is 421. The first-order valence-electron chi connectivity index (χ1n) is 5.39. The molecule has 5 nitrogen and oxygen atoms in total. The summed E-state index contributed by atoms with van der Waals surface area (Å²) >= 11 is 4.59. The van der Waals surface area contributed by atoms with Gasteiger partial charge in [0.05, 0.1) is 12.5 Å². The number of nitrogens with one attached hydrogen (secondary N) is 1. The van der Waals surface area contributed by atoms with Crippen LogP contribution in [0.2, 0.25) is 0 Å². The topological polar surface area (TPSA) is 75.6 Å². The molecule has 1 heterocycles. The fourth-order valence-electron chi connectivity index (χ4n) is 1.36. The lowest BCUT2D eigenvalue weighted by Crippen LogP contribution is -2.34. The Morgan fingerprint density at radius 1 is 1.61 bits per heavy atom. The quantitative estimate of drug-likeness (QED) is 0.800. The molecule has 100 valence electrons. The lowest BCUT2D eigenvalue weighted by atomic mass is 10.2. The smallest absolute Gasteiger partial charge is 0.306 e. The van der Waals surface area contributed by atoms with Crippen molar-refractivity contribution in [1.82, 2.24) is 5.32 Å². The van der Waals surface area contributed by atoms with E-state index in [1.54, 1.807) is 18.4 Å². The van der Waals surface area contributed by atoms with Gasteiger partial charge in [-0.15, -0.1) is 11.3 Å². The van der Waals surface area contributed by atoms with Gasteiger partial charge in [0, 0.05) is 17.6 Å². The first-order chi connectivity index (χ1) is 8.54. The van der Waals surface area contributed by atoms with Crippen molar-refractivity contribution >= 4 is 39.1 Å². The predicted octanol–water partition coefficient (Wildman–Crippen LogP) is 2.12. The van der Waals surface area contributed by atoms with Crippen molar-refractivity contribution in [2.24, 2.45) is 0 Å². The zero-order chi connectivity index (χ0) is 13.5. The lowest BCUT2D eigenvalue weighted by Gasteiger charge is -2.15. The van der Waals surface area contributed by atoms with Crippen molar-refractivity contribution in [3.05, 3.63) is 20.8 Å². The van der Waals surface area contributed by atoms with Gasteiger partial charge < -0.3 is 15.2 Å². The van der Waals surface area contributed by atoms with E-state index in [0.29, 0.717) is 11.5 Å². The molecule has 0 spiro atoms. The number of hydrogen-bond acceptors (Lipinski definition) is 4. The van der Waals surface area contributed by atoms with Crippen LogP contribution < -0.4 is 5.32 Å². The van der Waals surface area contributed by atoms with E-state index in [2.05, 4.69) is 21.2 Å². The SMILES string of the molecule is CCOC(CNC(=O)c1sccc1Br)CC(=O)O. The first-order valence-corrected chi connectivity index (χ1v) is 7.06. The highest BCUT2D eigenvalue weighted by Gasteiger charge is 2.16. The number of carboxylic acid groups (broad SMARTS) is 1. The Labute approximate surface area is 117 Å². The van der Waals surface area contributed by atoms with E-state index in [-0.39, 0.29) is 18.9 Å². The minimum Gasteiger partial charge on any atom is -0.481 e. The van der Waals surface area contributed by atoms with Crippen molar-refractivity contribution in [2.75, 3.05) is 13.2 Å². The highest BCUT2D eigenvalue weighted by Crippen LogP contribution is 2.22.